The molecule has 0 aromatic carbocycles. The van der Waals surface area contributed by atoms with Crippen molar-refractivity contribution in [3.05, 3.63) is 18.1 Å². The van der Waals surface area contributed by atoms with Crippen molar-refractivity contribution in [1.29, 1.82) is 0 Å². The van der Waals surface area contributed by atoms with Crippen molar-refractivity contribution in [1.82, 2.24) is 9.97 Å². The minimum Gasteiger partial charge on any atom is -0.477 e. The van der Waals surface area contributed by atoms with Crippen LogP contribution in [0, 0.1) is 0 Å². The molecule has 0 atom stereocenters. The van der Waals surface area contributed by atoms with Gasteiger partial charge >= 0.3 is 5.97 Å². The second-order valence-corrected chi connectivity index (χ2v) is 2.58. The maximum atomic E-state index is 10.6. The largest absolute Gasteiger partial charge is 0.477 e. The zero-order chi connectivity index (χ0) is 9.84. The van der Waals surface area contributed by atoms with Gasteiger partial charge in [0, 0.05) is 19.7 Å². The molecule has 0 spiro atoms. The third-order valence-corrected chi connectivity index (χ3v) is 1.74. The van der Waals surface area contributed by atoms with E-state index in [1.165, 1.54) is 12.4 Å². The van der Waals surface area contributed by atoms with E-state index in [1.807, 2.05) is 18.9 Å². The lowest BCUT2D eigenvalue weighted by molar-refractivity contribution is 0.0690. The number of aromatic nitrogens is 2. The number of rotatable bonds is 3. The van der Waals surface area contributed by atoms with Crippen LogP contribution >= 0.6 is 0 Å². The van der Waals surface area contributed by atoms with Crippen molar-refractivity contribution in [2.45, 2.75) is 6.92 Å². The highest BCUT2D eigenvalue weighted by molar-refractivity contribution is 5.86. The van der Waals surface area contributed by atoms with Crippen LogP contribution in [0.1, 0.15) is 17.4 Å². The molecule has 0 unspecified atom stereocenters. The van der Waals surface area contributed by atoms with Crippen molar-refractivity contribution >= 4 is 11.8 Å². The first-order valence-electron chi connectivity index (χ1n) is 3.91. The van der Waals surface area contributed by atoms with Crippen LogP contribution in [0.5, 0.6) is 0 Å². The van der Waals surface area contributed by atoms with Crippen LogP contribution in [0.4, 0.5) is 5.82 Å². The van der Waals surface area contributed by atoms with E-state index in [1.54, 1.807) is 0 Å². The summed E-state index contributed by atoms with van der Waals surface area (Å²) in [4.78, 5) is 20.0. The van der Waals surface area contributed by atoms with Gasteiger partial charge in [-0.3, -0.25) is 0 Å². The van der Waals surface area contributed by atoms with Crippen molar-refractivity contribution in [3.8, 4) is 0 Å². The predicted molar refractivity (Wildman–Crippen MR) is 47.9 cm³/mol. The topological polar surface area (TPSA) is 66.3 Å². The van der Waals surface area contributed by atoms with Crippen LogP contribution in [0.2, 0.25) is 0 Å². The van der Waals surface area contributed by atoms with Crippen LogP contribution in [0.3, 0.4) is 0 Å². The molecule has 0 amide bonds. The summed E-state index contributed by atoms with van der Waals surface area (Å²) >= 11 is 0. The lowest BCUT2D eigenvalue weighted by atomic mass is 10.4. The summed E-state index contributed by atoms with van der Waals surface area (Å²) in [5.74, 6) is -0.414. The summed E-state index contributed by atoms with van der Waals surface area (Å²) in [7, 11) is 1.84. The first-order valence-corrected chi connectivity index (χ1v) is 3.91. The van der Waals surface area contributed by atoms with Gasteiger partial charge in [-0.2, -0.15) is 0 Å². The molecule has 5 heteroatoms. The minimum absolute atomic E-state index is 0.0188. The normalized spacial score (nSPS) is 9.69. The molecule has 0 saturated carbocycles. The number of carboxylic acids is 1. The molecule has 1 aromatic rings. The summed E-state index contributed by atoms with van der Waals surface area (Å²) in [6, 6.07) is 1.45. The molecule has 1 N–H and O–H groups in total. The van der Waals surface area contributed by atoms with Gasteiger partial charge in [0.05, 0.1) is 0 Å². The van der Waals surface area contributed by atoms with E-state index in [-0.39, 0.29) is 5.69 Å². The summed E-state index contributed by atoms with van der Waals surface area (Å²) in [6.45, 7) is 2.73. The number of carboxylic acid groups (broad SMARTS) is 1. The van der Waals surface area contributed by atoms with Crippen molar-refractivity contribution < 1.29 is 9.90 Å². The maximum Gasteiger partial charge on any atom is 0.354 e. The molecule has 1 heterocycles. The fourth-order valence-electron chi connectivity index (χ4n) is 0.835. The summed E-state index contributed by atoms with van der Waals surface area (Å²) in [5.41, 5.74) is 0.0188. The van der Waals surface area contributed by atoms with Gasteiger partial charge in [-0.05, 0) is 6.92 Å². The molecule has 0 aliphatic rings. The molecule has 5 nitrogen and oxygen atoms in total. The zero-order valence-corrected chi connectivity index (χ0v) is 7.56. The zero-order valence-electron chi connectivity index (χ0n) is 7.56. The van der Waals surface area contributed by atoms with Crippen LogP contribution in [0.25, 0.3) is 0 Å². The van der Waals surface area contributed by atoms with Crippen molar-refractivity contribution in [2.75, 3.05) is 18.5 Å². The fourth-order valence-corrected chi connectivity index (χ4v) is 0.835. The molecule has 1 rings (SSSR count). The van der Waals surface area contributed by atoms with Gasteiger partial charge in [-0.25, -0.2) is 14.8 Å². The van der Waals surface area contributed by atoms with Gasteiger partial charge in [0.2, 0.25) is 0 Å². The Hall–Kier alpha value is -1.65. The van der Waals surface area contributed by atoms with E-state index < -0.39 is 5.97 Å². The predicted octanol–water partition coefficient (Wildman–Crippen LogP) is 0.631. The molecule has 0 fully saturated rings. The number of hydrogen-bond acceptors (Lipinski definition) is 4. The number of anilines is 1. The van der Waals surface area contributed by atoms with E-state index in [0.717, 1.165) is 6.54 Å². The van der Waals surface area contributed by atoms with Gasteiger partial charge in [0.25, 0.3) is 0 Å². The van der Waals surface area contributed by atoms with Crippen molar-refractivity contribution in [2.24, 2.45) is 0 Å². The Labute approximate surface area is 76.0 Å². The number of nitrogens with zero attached hydrogens (tertiary/aromatic N) is 3. The Morgan fingerprint density at radius 2 is 2.31 bits per heavy atom. The van der Waals surface area contributed by atoms with Gasteiger partial charge in [-0.15, -0.1) is 0 Å². The second kappa shape index (κ2) is 3.84. The molecule has 70 valence electrons. The fraction of sp³-hybridized carbons (Fsp3) is 0.375. The third kappa shape index (κ3) is 2.14. The molecule has 13 heavy (non-hydrogen) atoms. The third-order valence-electron chi connectivity index (χ3n) is 1.74. The Morgan fingerprint density at radius 3 is 2.85 bits per heavy atom. The van der Waals surface area contributed by atoms with Crippen LogP contribution in [-0.4, -0.2) is 34.6 Å². The average molecular weight is 181 g/mol. The summed E-state index contributed by atoms with van der Waals surface area (Å²) < 4.78 is 0. The maximum absolute atomic E-state index is 10.6. The van der Waals surface area contributed by atoms with Crippen LogP contribution < -0.4 is 4.90 Å². The lowest BCUT2D eigenvalue weighted by Gasteiger charge is -2.14. The van der Waals surface area contributed by atoms with E-state index in [4.69, 9.17) is 5.11 Å². The molecular weight excluding hydrogens is 170 g/mol. The van der Waals surface area contributed by atoms with Gasteiger partial charge in [0.1, 0.15) is 12.1 Å². The standard InChI is InChI=1S/C8H11N3O2/c1-3-11(2)7-4-6(8(12)13)9-5-10-7/h4-5H,3H2,1-2H3,(H,12,13). The minimum atomic E-state index is -1.03. The average Bonchev–Trinajstić information content (AvgIpc) is 2.17. The van der Waals surface area contributed by atoms with Gasteiger partial charge < -0.3 is 10.0 Å². The number of hydrogen-bond donors (Lipinski definition) is 1. The SMILES string of the molecule is CCN(C)c1cc(C(=O)O)ncn1. The number of aromatic carboxylic acids is 1. The highest BCUT2D eigenvalue weighted by atomic mass is 16.4. The van der Waals surface area contributed by atoms with E-state index in [0.29, 0.717) is 5.82 Å². The Bertz CT molecular complexity index is 314. The molecule has 0 bridgehead atoms. The summed E-state index contributed by atoms with van der Waals surface area (Å²) in [6.07, 6.45) is 1.25. The molecule has 0 saturated heterocycles. The Balaban J connectivity index is 2.98. The first kappa shape index (κ1) is 9.44. The summed E-state index contributed by atoms with van der Waals surface area (Å²) in [5, 5.41) is 8.65. The van der Waals surface area contributed by atoms with E-state index >= 15 is 0 Å². The van der Waals surface area contributed by atoms with Crippen LogP contribution in [-0.2, 0) is 0 Å². The van der Waals surface area contributed by atoms with Crippen LogP contribution in [0.15, 0.2) is 12.4 Å². The molecule has 0 radical (unpaired) electrons. The second-order valence-electron chi connectivity index (χ2n) is 2.58. The Morgan fingerprint density at radius 1 is 1.62 bits per heavy atom. The smallest absolute Gasteiger partial charge is 0.354 e. The van der Waals surface area contributed by atoms with E-state index in [9.17, 15) is 4.79 Å². The highest BCUT2D eigenvalue weighted by Gasteiger charge is 2.07. The highest BCUT2D eigenvalue weighted by Crippen LogP contribution is 2.07. The van der Waals surface area contributed by atoms with Gasteiger partial charge in [-0.1, -0.05) is 0 Å². The Kier molecular flexibility index (Phi) is 2.79. The quantitative estimate of drug-likeness (QED) is 0.740. The van der Waals surface area contributed by atoms with Crippen molar-refractivity contribution in [3.63, 3.8) is 0 Å². The number of carbonyl (C=O) groups is 1. The molecule has 0 aliphatic heterocycles. The monoisotopic (exact) mass is 181 g/mol. The molecule has 0 aliphatic carbocycles. The van der Waals surface area contributed by atoms with Gasteiger partial charge in [0.15, 0.2) is 5.69 Å². The first-order chi connectivity index (χ1) is 6.15. The molecular formula is C8H11N3O2. The van der Waals surface area contributed by atoms with E-state index in [2.05, 4.69) is 9.97 Å². The lowest BCUT2D eigenvalue weighted by Crippen LogP contribution is -2.18. The molecule has 1 aromatic heterocycles.